The van der Waals surface area contributed by atoms with Crippen LogP contribution in [0.15, 0.2) is 18.2 Å². The number of hydrogen-bond donors (Lipinski definition) is 2. The van der Waals surface area contributed by atoms with Gasteiger partial charge >= 0.3 is 0 Å². The smallest absolute Gasteiger partial charge is 0.233 e. The number of ether oxygens (including phenoxy) is 2. The molecule has 24 heavy (non-hydrogen) atoms. The molecule has 2 N–H and O–H groups in total. The molecule has 0 radical (unpaired) electrons. The first-order valence-corrected chi connectivity index (χ1v) is 9.17. The lowest BCUT2D eigenvalue weighted by molar-refractivity contribution is -0.127. The van der Waals surface area contributed by atoms with Gasteiger partial charge in [0.15, 0.2) is 21.3 Å². The Balaban J connectivity index is 1.88. The molecule has 2 amide bonds. The maximum Gasteiger partial charge on any atom is 0.233 e. The summed E-state index contributed by atoms with van der Waals surface area (Å²) in [5.74, 6) is -0.0338. The zero-order chi connectivity index (χ0) is 17.7. The molecule has 1 aliphatic heterocycles. The molecule has 132 valence electrons. The first-order chi connectivity index (χ1) is 11.3. The van der Waals surface area contributed by atoms with Crippen LogP contribution in [0.1, 0.15) is 12.8 Å². The van der Waals surface area contributed by atoms with E-state index in [1.54, 1.807) is 18.2 Å². The van der Waals surface area contributed by atoms with Crippen LogP contribution in [0.2, 0.25) is 0 Å². The van der Waals surface area contributed by atoms with Crippen LogP contribution in [0.4, 0.5) is 5.69 Å². The van der Waals surface area contributed by atoms with E-state index >= 15 is 0 Å². The molecule has 1 unspecified atom stereocenters. The SMILES string of the molecule is COc1ccc(NC(=O)CC(=O)NC2CCS(=O)(=O)C2)cc1OC. The topological polar surface area (TPSA) is 111 Å². The number of anilines is 1. The van der Waals surface area contributed by atoms with Crippen LogP contribution < -0.4 is 20.1 Å². The molecular weight excluding hydrogens is 336 g/mol. The van der Waals surface area contributed by atoms with Gasteiger partial charge in [0.2, 0.25) is 11.8 Å². The van der Waals surface area contributed by atoms with Crippen LogP contribution in [0.3, 0.4) is 0 Å². The van der Waals surface area contributed by atoms with Crippen molar-refractivity contribution < 1.29 is 27.5 Å². The van der Waals surface area contributed by atoms with Gasteiger partial charge in [-0.05, 0) is 18.6 Å². The standard InChI is InChI=1S/C15H20N2O6S/c1-22-12-4-3-10(7-13(12)23-2)16-14(18)8-15(19)17-11-5-6-24(20,21)9-11/h3-4,7,11H,5-6,8-9H2,1-2H3,(H,16,18)(H,17,19). The average molecular weight is 356 g/mol. The third-order valence-corrected chi connectivity index (χ3v) is 5.35. The molecule has 0 spiro atoms. The van der Waals surface area contributed by atoms with Gasteiger partial charge in [0.05, 0.1) is 25.7 Å². The van der Waals surface area contributed by atoms with Crippen molar-refractivity contribution in [2.75, 3.05) is 31.0 Å². The Bertz CT molecular complexity index is 731. The van der Waals surface area contributed by atoms with E-state index in [2.05, 4.69) is 10.6 Å². The Morgan fingerprint density at radius 2 is 1.88 bits per heavy atom. The van der Waals surface area contributed by atoms with E-state index in [1.807, 2.05) is 0 Å². The van der Waals surface area contributed by atoms with Crippen molar-refractivity contribution in [1.29, 1.82) is 0 Å². The van der Waals surface area contributed by atoms with Crippen molar-refractivity contribution in [1.82, 2.24) is 5.32 Å². The normalized spacial score (nSPS) is 18.7. The minimum Gasteiger partial charge on any atom is -0.493 e. The molecule has 1 saturated heterocycles. The maximum atomic E-state index is 11.9. The molecule has 1 atom stereocenters. The van der Waals surface area contributed by atoms with Gasteiger partial charge in [-0.1, -0.05) is 0 Å². The molecule has 9 heteroatoms. The summed E-state index contributed by atoms with van der Waals surface area (Å²) in [6.07, 6.45) is -0.00371. The van der Waals surface area contributed by atoms with Gasteiger partial charge in [0.1, 0.15) is 6.42 Å². The van der Waals surface area contributed by atoms with E-state index in [9.17, 15) is 18.0 Å². The highest BCUT2D eigenvalue weighted by Crippen LogP contribution is 2.29. The van der Waals surface area contributed by atoms with Crippen molar-refractivity contribution in [3.05, 3.63) is 18.2 Å². The highest BCUT2D eigenvalue weighted by molar-refractivity contribution is 7.91. The van der Waals surface area contributed by atoms with Crippen molar-refractivity contribution in [3.63, 3.8) is 0 Å². The summed E-state index contributed by atoms with van der Waals surface area (Å²) >= 11 is 0. The Morgan fingerprint density at radius 3 is 2.46 bits per heavy atom. The molecular formula is C15H20N2O6S. The third kappa shape index (κ3) is 4.85. The van der Waals surface area contributed by atoms with Gasteiger partial charge in [-0.25, -0.2) is 8.42 Å². The molecule has 1 heterocycles. The fourth-order valence-corrected chi connectivity index (χ4v) is 4.13. The average Bonchev–Trinajstić information content (AvgIpc) is 2.85. The van der Waals surface area contributed by atoms with Crippen molar-refractivity contribution in [2.24, 2.45) is 0 Å². The van der Waals surface area contributed by atoms with E-state index < -0.39 is 27.7 Å². The second-order valence-electron chi connectivity index (χ2n) is 5.46. The van der Waals surface area contributed by atoms with E-state index in [0.717, 1.165) is 0 Å². The largest absolute Gasteiger partial charge is 0.493 e. The molecule has 0 aromatic heterocycles. The number of benzene rings is 1. The molecule has 1 aromatic rings. The Kier molecular flexibility index (Phi) is 5.66. The fourth-order valence-electron chi connectivity index (χ4n) is 2.45. The Hall–Kier alpha value is -2.29. The van der Waals surface area contributed by atoms with Gasteiger partial charge in [0.25, 0.3) is 0 Å². The first kappa shape index (κ1) is 18.1. The van der Waals surface area contributed by atoms with Crippen LogP contribution in [0.5, 0.6) is 11.5 Å². The number of rotatable bonds is 6. The zero-order valence-electron chi connectivity index (χ0n) is 13.5. The number of carbonyl (C=O) groups is 2. The summed E-state index contributed by atoms with van der Waals surface area (Å²) in [6.45, 7) is 0. The summed E-state index contributed by atoms with van der Waals surface area (Å²) in [4.78, 5) is 23.7. The third-order valence-electron chi connectivity index (χ3n) is 3.59. The molecule has 0 aliphatic carbocycles. The summed E-state index contributed by atoms with van der Waals surface area (Å²) in [7, 11) is -0.0911. The molecule has 8 nitrogen and oxygen atoms in total. The van der Waals surface area contributed by atoms with Gasteiger partial charge in [-0.3, -0.25) is 9.59 Å². The molecule has 1 aromatic carbocycles. The van der Waals surface area contributed by atoms with Gasteiger partial charge in [0, 0.05) is 17.8 Å². The first-order valence-electron chi connectivity index (χ1n) is 7.34. The van der Waals surface area contributed by atoms with Crippen LogP contribution >= 0.6 is 0 Å². The number of sulfone groups is 1. The Morgan fingerprint density at radius 1 is 1.17 bits per heavy atom. The summed E-state index contributed by atoms with van der Waals surface area (Å²) in [6, 6.07) is 4.42. The molecule has 1 fully saturated rings. The van der Waals surface area contributed by atoms with E-state index in [1.165, 1.54) is 14.2 Å². The highest BCUT2D eigenvalue weighted by Gasteiger charge is 2.29. The summed E-state index contributed by atoms with van der Waals surface area (Å²) in [5.41, 5.74) is 0.467. The lowest BCUT2D eigenvalue weighted by atomic mass is 10.2. The molecule has 2 rings (SSSR count). The number of carbonyl (C=O) groups excluding carboxylic acids is 2. The molecule has 1 aliphatic rings. The van der Waals surface area contributed by atoms with E-state index in [0.29, 0.717) is 23.6 Å². The zero-order valence-corrected chi connectivity index (χ0v) is 14.3. The van der Waals surface area contributed by atoms with Crippen LogP contribution in [-0.4, -0.2) is 52.0 Å². The van der Waals surface area contributed by atoms with Crippen molar-refractivity contribution >= 4 is 27.3 Å². The van der Waals surface area contributed by atoms with Crippen molar-refractivity contribution in [2.45, 2.75) is 18.9 Å². The van der Waals surface area contributed by atoms with Crippen LogP contribution in [-0.2, 0) is 19.4 Å². The summed E-state index contributed by atoms with van der Waals surface area (Å²) < 4.78 is 32.9. The monoisotopic (exact) mass is 356 g/mol. The number of amides is 2. The van der Waals surface area contributed by atoms with E-state index in [4.69, 9.17) is 9.47 Å². The number of hydrogen-bond acceptors (Lipinski definition) is 6. The maximum absolute atomic E-state index is 11.9. The van der Waals surface area contributed by atoms with Crippen molar-refractivity contribution in [3.8, 4) is 11.5 Å². The fraction of sp³-hybridized carbons (Fsp3) is 0.467. The summed E-state index contributed by atoms with van der Waals surface area (Å²) in [5, 5.41) is 5.15. The second kappa shape index (κ2) is 7.52. The van der Waals surface area contributed by atoms with E-state index in [-0.39, 0.29) is 17.9 Å². The number of nitrogens with one attached hydrogen (secondary N) is 2. The highest BCUT2D eigenvalue weighted by atomic mass is 32.2. The van der Waals surface area contributed by atoms with Crippen LogP contribution in [0.25, 0.3) is 0 Å². The van der Waals surface area contributed by atoms with Gasteiger partial charge in [-0.2, -0.15) is 0 Å². The molecule has 0 bridgehead atoms. The lowest BCUT2D eigenvalue weighted by Gasteiger charge is -2.12. The minimum absolute atomic E-state index is 0.0653. The molecule has 0 saturated carbocycles. The Labute approximate surface area is 140 Å². The van der Waals surface area contributed by atoms with Gasteiger partial charge in [-0.15, -0.1) is 0 Å². The predicted octanol–water partition coefficient (Wildman–Crippen LogP) is 0.336. The lowest BCUT2D eigenvalue weighted by Crippen LogP contribution is -2.37. The van der Waals surface area contributed by atoms with Crippen LogP contribution in [0, 0.1) is 0 Å². The quantitative estimate of drug-likeness (QED) is 0.711. The second-order valence-corrected chi connectivity index (χ2v) is 7.69. The van der Waals surface area contributed by atoms with Gasteiger partial charge < -0.3 is 20.1 Å². The minimum atomic E-state index is -3.07. The number of methoxy groups -OCH3 is 2. The predicted molar refractivity (Wildman–Crippen MR) is 88.0 cm³/mol.